The van der Waals surface area contributed by atoms with Crippen molar-refractivity contribution in [3.63, 3.8) is 0 Å². The summed E-state index contributed by atoms with van der Waals surface area (Å²) >= 11 is 0. The van der Waals surface area contributed by atoms with Crippen LogP contribution in [0.3, 0.4) is 0 Å². The minimum absolute atomic E-state index is 0.229. The summed E-state index contributed by atoms with van der Waals surface area (Å²) in [5.41, 5.74) is -0.360. The van der Waals surface area contributed by atoms with Crippen molar-refractivity contribution in [2.45, 2.75) is 52.1 Å². The average molecular weight is 188 g/mol. The lowest BCUT2D eigenvalue weighted by Crippen LogP contribution is -2.26. The summed E-state index contributed by atoms with van der Waals surface area (Å²) in [4.78, 5) is 10.7. The number of esters is 1. The highest BCUT2D eigenvalue weighted by Gasteiger charge is 2.19. The first-order valence-corrected chi connectivity index (χ1v) is 4.78. The van der Waals surface area contributed by atoms with Gasteiger partial charge in [0.15, 0.2) is 0 Å². The molecule has 0 rings (SSSR count). The Hall–Kier alpha value is -0.570. The highest BCUT2D eigenvalue weighted by atomic mass is 16.6. The van der Waals surface area contributed by atoms with Crippen molar-refractivity contribution >= 4 is 5.97 Å². The molecule has 0 aromatic heterocycles. The largest absolute Gasteiger partial charge is 0.460 e. The molecule has 0 fully saturated rings. The van der Waals surface area contributed by atoms with Gasteiger partial charge >= 0.3 is 5.97 Å². The maximum atomic E-state index is 10.7. The van der Waals surface area contributed by atoms with Gasteiger partial charge in [0.25, 0.3) is 0 Å². The lowest BCUT2D eigenvalue weighted by molar-refractivity contribution is -0.154. The van der Waals surface area contributed by atoms with Gasteiger partial charge in [-0.3, -0.25) is 4.79 Å². The van der Waals surface area contributed by atoms with Gasteiger partial charge in [-0.1, -0.05) is 6.42 Å². The Labute approximate surface area is 80.1 Å². The van der Waals surface area contributed by atoms with Crippen molar-refractivity contribution in [1.29, 1.82) is 0 Å². The molecule has 0 spiro atoms. The molecule has 0 atom stereocenters. The van der Waals surface area contributed by atoms with Crippen LogP contribution in [0.4, 0.5) is 0 Å². The molecule has 1 N–H and O–H groups in total. The van der Waals surface area contributed by atoms with Crippen LogP contribution < -0.4 is 0 Å². The molecule has 3 heteroatoms. The smallest absolute Gasteiger partial charge is 0.303 e. The first-order valence-electron chi connectivity index (χ1n) is 4.78. The Kier molecular flexibility index (Phi) is 5.71. The lowest BCUT2D eigenvalue weighted by atomic mass is 10.0. The van der Waals surface area contributed by atoms with E-state index in [4.69, 9.17) is 9.84 Å². The first-order chi connectivity index (χ1) is 5.98. The third-order valence-electron chi connectivity index (χ3n) is 1.86. The second-order valence-corrected chi connectivity index (χ2v) is 3.89. The van der Waals surface area contributed by atoms with Gasteiger partial charge in [-0.15, -0.1) is 0 Å². The number of aliphatic hydroxyl groups is 1. The van der Waals surface area contributed by atoms with E-state index in [1.807, 2.05) is 13.8 Å². The molecular formula is C10H20O3. The van der Waals surface area contributed by atoms with Gasteiger partial charge in [0.1, 0.15) is 5.60 Å². The van der Waals surface area contributed by atoms with Crippen LogP contribution in [0.5, 0.6) is 0 Å². The van der Waals surface area contributed by atoms with E-state index in [-0.39, 0.29) is 18.2 Å². The highest BCUT2D eigenvalue weighted by molar-refractivity contribution is 5.66. The van der Waals surface area contributed by atoms with Crippen molar-refractivity contribution < 1.29 is 14.6 Å². The summed E-state index contributed by atoms with van der Waals surface area (Å²) < 4.78 is 5.12. The molecule has 0 amide bonds. The molecule has 0 saturated carbocycles. The van der Waals surface area contributed by atoms with E-state index in [1.54, 1.807) is 0 Å². The highest BCUT2D eigenvalue weighted by Crippen LogP contribution is 2.18. The number of ether oxygens (including phenoxy) is 1. The zero-order valence-corrected chi connectivity index (χ0v) is 8.80. The van der Waals surface area contributed by atoms with Gasteiger partial charge in [0, 0.05) is 13.5 Å². The fourth-order valence-electron chi connectivity index (χ4n) is 1.28. The predicted molar refractivity (Wildman–Crippen MR) is 51.4 cm³/mol. The topological polar surface area (TPSA) is 46.5 Å². The van der Waals surface area contributed by atoms with E-state index >= 15 is 0 Å². The Morgan fingerprint density at radius 3 is 2.38 bits per heavy atom. The third-order valence-corrected chi connectivity index (χ3v) is 1.86. The van der Waals surface area contributed by atoms with Gasteiger partial charge in [0.2, 0.25) is 0 Å². The number of hydrogen-bond acceptors (Lipinski definition) is 3. The van der Waals surface area contributed by atoms with Gasteiger partial charge in [0.05, 0.1) is 0 Å². The van der Waals surface area contributed by atoms with Crippen LogP contribution in [-0.4, -0.2) is 23.3 Å². The lowest BCUT2D eigenvalue weighted by Gasteiger charge is -2.24. The van der Waals surface area contributed by atoms with Crippen molar-refractivity contribution in [3.8, 4) is 0 Å². The van der Waals surface area contributed by atoms with Gasteiger partial charge in [-0.05, 0) is 33.1 Å². The van der Waals surface area contributed by atoms with Crippen LogP contribution >= 0.6 is 0 Å². The number of rotatable bonds is 6. The molecule has 78 valence electrons. The van der Waals surface area contributed by atoms with Gasteiger partial charge in [-0.25, -0.2) is 0 Å². The van der Waals surface area contributed by atoms with E-state index in [2.05, 4.69) is 0 Å². The van der Waals surface area contributed by atoms with Crippen LogP contribution in [0, 0.1) is 0 Å². The molecule has 0 heterocycles. The molecule has 0 aromatic rings. The normalized spacial score (nSPS) is 11.4. The zero-order valence-electron chi connectivity index (χ0n) is 8.80. The monoisotopic (exact) mass is 188 g/mol. The van der Waals surface area contributed by atoms with E-state index in [0.29, 0.717) is 0 Å². The quantitative estimate of drug-likeness (QED) is 0.511. The average Bonchev–Trinajstić information content (AvgIpc) is 1.95. The van der Waals surface area contributed by atoms with Crippen molar-refractivity contribution in [2.75, 3.05) is 6.61 Å². The van der Waals surface area contributed by atoms with Gasteiger partial charge in [-0.2, -0.15) is 0 Å². The summed E-state index contributed by atoms with van der Waals surface area (Å²) in [5, 5.41) is 8.56. The number of carbonyl (C=O) groups excluding carboxylic acids is 1. The zero-order chi connectivity index (χ0) is 10.3. The molecule has 3 nitrogen and oxygen atoms in total. The van der Waals surface area contributed by atoms with Gasteiger partial charge < -0.3 is 9.84 Å². The molecule has 0 aliphatic heterocycles. The van der Waals surface area contributed by atoms with Crippen LogP contribution in [0.2, 0.25) is 0 Å². The van der Waals surface area contributed by atoms with Crippen LogP contribution in [-0.2, 0) is 9.53 Å². The summed E-state index contributed by atoms with van der Waals surface area (Å²) in [7, 11) is 0. The molecule has 0 aliphatic rings. The molecule has 0 aliphatic carbocycles. The predicted octanol–water partition coefficient (Wildman–Crippen LogP) is 1.88. The van der Waals surface area contributed by atoms with Crippen LogP contribution in [0.1, 0.15) is 46.5 Å². The second-order valence-electron chi connectivity index (χ2n) is 3.89. The SMILES string of the molecule is CC(=O)OC(C)(C)CCCCCO. The molecule has 0 radical (unpaired) electrons. The number of aliphatic hydroxyl groups excluding tert-OH is 1. The fraction of sp³-hybridized carbons (Fsp3) is 0.900. The van der Waals surface area contributed by atoms with Crippen LogP contribution in [0.25, 0.3) is 0 Å². The minimum atomic E-state index is -0.360. The van der Waals surface area contributed by atoms with E-state index in [1.165, 1.54) is 6.92 Å². The molecular weight excluding hydrogens is 168 g/mol. The summed E-state index contributed by atoms with van der Waals surface area (Å²) in [5.74, 6) is -0.229. The number of carbonyl (C=O) groups is 1. The van der Waals surface area contributed by atoms with E-state index in [9.17, 15) is 4.79 Å². The van der Waals surface area contributed by atoms with Crippen molar-refractivity contribution in [1.82, 2.24) is 0 Å². The first kappa shape index (κ1) is 12.4. The molecule has 0 bridgehead atoms. The molecule has 13 heavy (non-hydrogen) atoms. The van der Waals surface area contributed by atoms with E-state index in [0.717, 1.165) is 25.7 Å². The molecule has 0 aromatic carbocycles. The Morgan fingerprint density at radius 1 is 1.31 bits per heavy atom. The standard InChI is InChI=1S/C10H20O3/c1-9(12)13-10(2,3)7-5-4-6-8-11/h11H,4-8H2,1-3H3. The number of hydrogen-bond donors (Lipinski definition) is 1. The Bertz CT molecular complexity index is 152. The van der Waals surface area contributed by atoms with Crippen LogP contribution in [0.15, 0.2) is 0 Å². The number of unbranched alkanes of at least 4 members (excludes halogenated alkanes) is 2. The minimum Gasteiger partial charge on any atom is -0.460 e. The maximum absolute atomic E-state index is 10.7. The summed E-state index contributed by atoms with van der Waals surface area (Å²) in [6.45, 7) is 5.49. The van der Waals surface area contributed by atoms with Crippen molar-refractivity contribution in [2.24, 2.45) is 0 Å². The van der Waals surface area contributed by atoms with E-state index < -0.39 is 0 Å². The second kappa shape index (κ2) is 5.97. The summed E-state index contributed by atoms with van der Waals surface area (Å²) in [6, 6.07) is 0. The molecule has 0 unspecified atom stereocenters. The Morgan fingerprint density at radius 2 is 1.92 bits per heavy atom. The maximum Gasteiger partial charge on any atom is 0.303 e. The third kappa shape index (κ3) is 7.78. The summed E-state index contributed by atoms with van der Waals surface area (Å²) in [6.07, 6.45) is 3.66. The van der Waals surface area contributed by atoms with Crippen molar-refractivity contribution in [3.05, 3.63) is 0 Å². The fourth-order valence-corrected chi connectivity index (χ4v) is 1.28. The Balaban J connectivity index is 3.56. The molecule has 0 saturated heterocycles.